The molecule has 0 spiro atoms. The van der Waals surface area contributed by atoms with Crippen LogP contribution in [0.3, 0.4) is 0 Å². The molecule has 1 saturated heterocycles. The summed E-state index contributed by atoms with van der Waals surface area (Å²) in [6.07, 6.45) is 1.96. The van der Waals surface area contributed by atoms with E-state index in [4.69, 9.17) is 33.9 Å². The summed E-state index contributed by atoms with van der Waals surface area (Å²) in [5, 5.41) is 0.840. The molecule has 1 aromatic carbocycles. The first-order valence-electron chi connectivity index (χ1n) is 9.39. The van der Waals surface area contributed by atoms with Gasteiger partial charge in [0.15, 0.2) is 0 Å². The number of anilines is 1. The largest absolute Gasteiger partial charge is 0.342 e. The number of aliphatic imine (C=N–C) groups is 1. The molecular weight excluding hydrogens is 397 g/mol. The van der Waals surface area contributed by atoms with E-state index < -0.39 is 0 Å². The lowest BCUT2D eigenvalue weighted by Gasteiger charge is -2.39. The second-order valence-electron chi connectivity index (χ2n) is 7.87. The van der Waals surface area contributed by atoms with Gasteiger partial charge >= 0.3 is 0 Å². The molecule has 2 N–H and O–H groups in total. The van der Waals surface area contributed by atoms with Crippen LogP contribution >= 0.6 is 23.2 Å². The van der Waals surface area contributed by atoms with Crippen LogP contribution in [0.2, 0.25) is 10.0 Å². The third-order valence-electron chi connectivity index (χ3n) is 5.92. The minimum Gasteiger partial charge on any atom is -0.342 e. The standard InChI is InChI=1S/C20H23Cl2N5O/c1-20(11-23)6-8-27(9-7-20)19-25-14-10-24-17(15(14)18(28)26(19)2)12-4-3-5-13(21)16(12)22/h3-5H,6-11,23H2,1-2H3. The first kappa shape index (κ1) is 19.4. The van der Waals surface area contributed by atoms with E-state index >= 15 is 0 Å². The van der Waals surface area contributed by atoms with Crippen LogP contribution in [0.1, 0.15) is 36.6 Å². The van der Waals surface area contributed by atoms with Crippen LogP contribution in [-0.2, 0) is 13.6 Å². The van der Waals surface area contributed by atoms with Crippen LogP contribution in [0.15, 0.2) is 28.0 Å². The van der Waals surface area contributed by atoms with Crippen LogP contribution < -0.4 is 16.2 Å². The molecule has 6 nitrogen and oxygen atoms in total. The molecule has 1 aromatic heterocycles. The van der Waals surface area contributed by atoms with Crippen LogP contribution in [0.5, 0.6) is 0 Å². The van der Waals surface area contributed by atoms with Crippen molar-refractivity contribution in [2.45, 2.75) is 26.3 Å². The predicted molar refractivity (Wildman–Crippen MR) is 114 cm³/mol. The Hall–Kier alpha value is -1.89. The minimum atomic E-state index is -0.112. The summed E-state index contributed by atoms with van der Waals surface area (Å²) >= 11 is 12.5. The Morgan fingerprint density at radius 1 is 1.25 bits per heavy atom. The third kappa shape index (κ3) is 3.13. The van der Waals surface area contributed by atoms with Gasteiger partial charge in [-0.3, -0.25) is 14.4 Å². The average molecular weight is 420 g/mol. The van der Waals surface area contributed by atoms with E-state index in [1.165, 1.54) is 0 Å². The topological polar surface area (TPSA) is 76.5 Å². The molecule has 2 aromatic rings. The fourth-order valence-corrected chi connectivity index (χ4v) is 4.25. The summed E-state index contributed by atoms with van der Waals surface area (Å²) in [6.45, 7) is 4.93. The van der Waals surface area contributed by atoms with Crippen molar-refractivity contribution < 1.29 is 0 Å². The van der Waals surface area contributed by atoms with E-state index in [9.17, 15) is 4.79 Å². The van der Waals surface area contributed by atoms with E-state index in [1.807, 2.05) is 6.07 Å². The van der Waals surface area contributed by atoms with E-state index in [0.717, 1.165) is 25.9 Å². The van der Waals surface area contributed by atoms with Gasteiger partial charge in [0.25, 0.3) is 5.56 Å². The van der Waals surface area contributed by atoms with Crippen molar-refractivity contribution in [3.63, 3.8) is 0 Å². The van der Waals surface area contributed by atoms with Gasteiger partial charge in [0.2, 0.25) is 5.95 Å². The summed E-state index contributed by atoms with van der Waals surface area (Å²) in [7, 11) is 1.76. The summed E-state index contributed by atoms with van der Waals surface area (Å²) in [5.74, 6) is 0.691. The van der Waals surface area contributed by atoms with Gasteiger partial charge in [-0.1, -0.05) is 42.3 Å². The van der Waals surface area contributed by atoms with Gasteiger partial charge in [-0.25, -0.2) is 4.98 Å². The number of fused-ring (bicyclic) bond motifs is 1. The van der Waals surface area contributed by atoms with Crippen molar-refractivity contribution in [1.29, 1.82) is 0 Å². The van der Waals surface area contributed by atoms with Gasteiger partial charge in [-0.2, -0.15) is 0 Å². The Kier molecular flexibility index (Phi) is 4.98. The molecule has 0 bridgehead atoms. The number of piperidine rings is 1. The highest BCUT2D eigenvalue weighted by Gasteiger charge is 2.32. The molecule has 4 rings (SSSR count). The van der Waals surface area contributed by atoms with Crippen LogP contribution in [0.25, 0.3) is 0 Å². The number of halogens is 2. The lowest BCUT2D eigenvalue weighted by molar-refractivity contribution is 0.256. The molecule has 8 heteroatoms. The van der Waals surface area contributed by atoms with E-state index in [-0.39, 0.29) is 11.0 Å². The molecule has 3 heterocycles. The molecule has 148 valence electrons. The van der Waals surface area contributed by atoms with Crippen LogP contribution in [-0.4, -0.2) is 34.9 Å². The molecule has 0 aliphatic carbocycles. The van der Waals surface area contributed by atoms with Gasteiger partial charge < -0.3 is 10.6 Å². The number of nitrogens with zero attached hydrogens (tertiary/aromatic N) is 4. The SMILES string of the molecule is Cn1c(N2CCC(C)(CN)CC2)nc2c(c1=O)C(c1cccc(Cl)c1Cl)=NC2. The van der Waals surface area contributed by atoms with Crippen LogP contribution in [0.4, 0.5) is 5.95 Å². The molecule has 2 aliphatic rings. The van der Waals surface area contributed by atoms with Crippen molar-refractivity contribution in [2.24, 2.45) is 23.2 Å². The monoisotopic (exact) mass is 419 g/mol. The molecule has 0 saturated carbocycles. The summed E-state index contributed by atoms with van der Waals surface area (Å²) < 4.78 is 1.61. The van der Waals surface area contributed by atoms with Crippen molar-refractivity contribution in [1.82, 2.24) is 9.55 Å². The summed E-state index contributed by atoms with van der Waals surface area (Å²) in [5.41, 5.74) is 8.40. The highest BCUT2D eigenvalue weighted by Crippen LogP contribution is 2.33. The van der Waals surface area contributed by atoms with Crippen molar-refractivity contribution in [3.05, 3.63) is 55.4 Å². The zero-order valence-electron chi connectivity index (χ0n) is 16.0. The Balaban J connectivity index is 1.71. The first-order valence-corrected chi connectivity index (χ1v) is 10.1. The second-order valence-corrected chi connectivity index (χ2v) is 8.65. The summed E-state index contributed by atoms with van der Waals surface area (Å²) in [6, 6.07) is 5.35. The Morgan fingerprint density at radius 3 is 2.64 bits per heavy atom. The first-order chi connectivity index (χ1) is 13.3. The maximum absolute atomic E-state index is 13.2. The normalized spacial score (nSPS) is 18.2. The van der Waals surface area contributed by atoms with Crippen molar-refractivity contribution in [3.8, 4) is 0 Å². The maximum Gasteiger partial charge on any atom is 0.264 e. The number of nitrogens with two attached hydrogens (primary N) is 1. The fraction of sp³-hybridized carbons (Fsp3) is 0.450. The number of rotatable bonds is 3. The van der Waals surface area contributed by atoms with Gasteiger partial charge in [0, 0.05) is 25.7 Å². The molecule has 0 unspecified atom stereocenters. The zero-order chi connectivity index (χ0) is 20.1. The molecular formula is C20H23Cl2N5O. The zero-order valence-corrected chi connectivity index (χ0v) is 17.5. The molecule has 28 heavy (non-hydrogen) atoms. The highest BCUT2D eigenvalue weighted by molar-refractivity contribution is 6.44. The molecule has 0 radical (unpaired) electrons. The van der Waals surface area contributed by atoms with E-state index in [0.29, 0.717) is 51.6 Å². The average Bonchev–Trinajstić information content (AvgIpc) is 3.11. The molecule has 0 atom stereocenters. The fourth-order valence-electron chi connectivity index (χ4n) is 3.86. The number of hydrogen-bond acceptors (Lipinski definition) is 5. The minimum absolute atomic E-state index is 0.112. The molecule has 0 amide bonds. The van der Waals surface area contributed by atoms with Gasteiger partial charge in [-0.05, 0) is 30.9 Å². The van der Waals surface area contributed by atoms with Gasteiger partial charge in [-0.15, -0.1) is 0 Å². The highest BCUT2D eigenvalue weighted by atomic mass is 35.5. The van der Waals surface area contributed by atoms with E-state index in [1.54, 1.807) is 23.7 Å². The Bertz CT molecular complexity index is 1020. The number of hydrogen-bond donors (Lipinski definition) is 1. The molecule has 1 fully saturated rings. The smallest absolute Gasteiger partial charge is 0.264 e. The lowest BCUT2D eigenvalue weighted by Crippen LogP contribution is -2.44. The van der Waals surface area contributed by atoms with Crippen molar-refractivity contribution >= 4 is 34.9 Å². The third-order valence-corrected chi connectivity index (χ3v) is 6.74. The van der Waals surface area contributed by atoms with Gasteiger partial charge in [0.05, 0.1) is 33.6 Å². The number of aromatic nitrogens is 2. The van der Waals surface area contributed by atoms with Gasteiger partial charge in [0.1, 0.15) is 0 Å². The quantitative estimate of drug-likeness (QED) is 0.829. The van der Waals surface area contributed by atoms with Crippen molar-refractivity contribution in [2.75, 3.05) is 24.5 Å². The second kappa shape index (κ2) is 7.17. The Labute approximate surface area is 174 Å². The maximum atomic E-state index is 13.2. The number of benzene rings is 1. The van der Waals surface area contributed by atoms with E-state index in [2.05, 4.69) is 16.8 Å². The Morgan fingerprint density at radius 2 is 1.96 bits per heavy atom. The molecule has 2 aliphatic heterocycles. The van der Waals surface area contributed by atoms with Crippen LogP contribution in [0, 0.1) is 5.41 Å². The predicted octanol–water partition coefficient (Wildman–Crippen LogP) is 3.00. The lowest BCUT2D eigenvalue weighted by atomic mass is 9.81. The summed E-state index contributed by atoms with van der Waals surface area (Å²) in [4.78, 5) is 24.7.